The second kappa shape index (κ2) is 22.7. The summed E-state index contributed by atoms with van der Waals surface area (Å²) >= 11 is 0. The number of hydrogen-bond acceptors (Lipinski definition) is 5. The topological polar surface area (TPSA) is 101 Å². The van der Waals surface area contributed by atoms with Gasteiger partial charge in [0, 0.05) is 5.97 Å². The quantitative estimate of drug-likeness (QED) is 0.297. The molecule has 7 heteroatoms. The van der Waals surface area contributed by atoms with Gasteiger partial charge in [-0.2, -0.15) is 0 Å². The van der Waals surface area contributed by atoms with Crippen molar-refractivity contribution in [3.63, 3.8) is 0 Å². The van der Waals surface area contributed by atoms with Crippen molar-refractivity contribution in [2.24, 2.45) is 0 Å². The predicted octanol–water partition coefficient (Wildman–Crippen LogP) is -1.61. The number of carboxylic acid groups (broad SMARTS) is 1. The first-order valence-electron chi connectivity index (χ1n) is 7.74. The molecule has 0 saturated heterocycles. The Labute approximate surface area is 151 Å². The van der Waals surface area contributed by atoms with Crippen LogP contribution < -0.4 is 34.7 Å². The van der Waals surface area contributed by atoms with E-state index in [9.17, 15) is 9.90 Å². The second-order valence-electron chi connectivity index (χ2n) is 5.00. The predicted molar refractivity (Wildman–Crippen MR) is 78.5 cm³/mol. The van der Waals surface area contributed by atoms with E-state index in [1.54, 1.807) is 0 Å². The van der Waals surface area contributed by atoms with Crippen LogP contribution in [0.2, 0.25) is 0 Å². The number of carboxylic acids is 1. The van der Waals surface area contributed by atoms with Gasteiger partial charge in [-0.15, -0.1) is 0 Å². The summed E-state index contributed by atoms with van der Waals surface area (Å²) < 4.78 is 0. The molecular formula is C14H30BNaO5. The zero-order valence-electron chi connectivity index (χ0n) is 13.7. The van der Waals surface area contributed by atoms with Crippen molar-refractivity contribution in [3.05, 3.63) is 0 Å². The molecule has 0 heterocycles. The van der Waals surface area contributed by atoms with E-state index in [0.29, 0.717) is 0 Å². The Hall–Kier alpha value is 0.415. The number of carbonyl (C=O) groups is 1. The maximum absolute atomic E-state index is 10.1. The Morgan fingerprint density at radius 1 is 0.810 bits per heavy atom. The molecule has 0 aromatic heterocycles. The molecule has 0 unspecified atom stereocenters. The third-order valence-corrected chi connectivity index (χ3v) is 2.98. The maximum Gasteiger partial charge on any atom is 1.00 e. The van der Waals surface area contributed by atoms with Crippen molar-refractivity contribution in [1.29, 1.82) is 0 Å². The molecule has 0 radical (unpaired) electrons. The fraction of sp³-hybridized carbons (Fsp3) is 0.929. The van der Waals surface area contributed by atoms with Crippen LogP contribution in [-0.2, 0) is 4.79 Å². The van der Waals surface area contributed by atoms with Crippen molar-refractivity contribution in [2.75, 3.05) is 0 Å². The molecule has 0 aromatic rings. The minimum atomic E-state index is -2.17. The summed E-state index contributed by atoms with van der Waals surface area (Å²) in [5, 5.41) is 31.6. The van der Waals surface area contributed by atoms with E-state index >= 15 is 0 Å². The summed E-state index contributed by atoms with van der Waals surface area (Å²) in [5.41, 5.74) is 0. The van der Waals surface area contributed by atoms with E-state index in [1.165, 1.54) is 57.8 Å². The number of unbranched alkanes of at least 4 members (excludes halogenated alkanes) is 10. The molecule has 0 fully saturated rings. The molecule has 5 nitrogen and oxygen atoms in total. The van der Waals surface area contributed by atoms with E-state index in [0.717, 1.165) is 12.8 Å². The molecule has 21 heavy (non-hydrogen) atoms. The van der Waals surface area contributed by atoms with Crippen molar-refractivity contribution >= 4 is 13.3 Å². The Kier molecular flexibility index (Phi) is 28.4. The van der Waals surface area contributed by atoms with Crippen molar-refractivity contribution < 1.29 is 54.5 Å². The first kappa shape index (κ1) is 26.3. The van der Waals surface area contributed by atoms with Gasteiger partial charge < -0.3 is 25.0 Å². The van der Waals surface area contributed by atoms with Crippen LogP contribution in [0.25, 0.3) is 0 Å². The molecule has 0 aliphatic rings. The Balaban J connectivity index is -0.000000572. The van der Waals surface area contributed by atoms with Gasteiger partial charge in [-0.3, -0.25) is 0 Å². The molecule has 0 amide bonds. The van der Waals surface area contributed by atoms with Gasteiger partial charge in [0.25, 0.3) is 0 Å². The van der Waals surface area contributed by atoms with Crippen molar-refractivity contribution in [1.82, 2.24) is 0 Å². The summed E-state index contributed by atoms with van der Waals surface area (Å²) in [7, 11) is -2.17. The van der Waals surface area contributed by atoms with E-state index in [-0.39, 0.29) is 36.0 Å². The van der Waals surface area contributed by atoms with Crippen LogP contribution in [-0.4, -0.2) is 28.4 Å². The molecule has 120 valence electrons. The van der Waals surface area contributed by atoms with Gasteiger partial charge in [-0.1, -0.05) is 71.1 Å². The van der Waals surface area contributed by atoms with E-state index < -0.39 is 13.3 Å². The van der Waals surface area contributed by atoms with Crippen LogP contribution in [0.4, 0.5) is 0 Å². The first-order chi connectivity index (χ1) is 9.50. The molecule has 0 spiro atoms. The smallest absolute Gasteiger partial charge is 0.550 e. The summed E-state index contributed by atoms with van der Waals surface area (Å²) in [4.78, 5) is 10.1. The molecule has 0 bridgehead atoms. The van der Waals surface area contributed by atoms with Crippen LogP contribution in [0.1, 0.15) is 84.0 Å². The monoisotopic (exact) mass is 312 g/mol. The average molecular weight is 312 g/mol. The molecule has 0 aliphatic carbocycles. The van der Waals surface area contributed by atoms with Crippen LogP contribution in [0, 0.1) is 0 Å². The third-order valence-electron chi connectivity index (χ3n) is 2.98. The van der Waals surface area contributed by atoms with Crippen molar-refractivity contribution in [2.45, 2.75) is 84.0 Å². The Bertz CT molecular complexity index is 203. The van der Waals surface area contributed by atoms with Gasteiger partial charge in [-0.25, -0.2) is 0 Å². The standard InChI is InChI=1S/C14H28O2.BH3O3.Na/c1-2-3-4-5-6-7-8-9-10-11-12-13-14(15)16;2-1(3)4;/h2-13H2,1H3,(H,15,16);2-4H;/q;;+1/p-1. The Morgan fingerprint density at radius 3 is 1.38 bits per heavy atom. The summed E-state index contributed by atoms with van der Waals surface area (Å²) in [6, 6.07) is 0. The summed E-state index contributed by atoms with van der Waals surface area (Å²) in [5.74, 6) is -0.907. The zero-order valence-corrected chi connectivity index (χ0v) is 15.7. The zero-order chi connectivity index (χ0) is 15.6. The number of carbonyl (C=O) groups excluding carboxylic acids is 1. The average Bonchev–Trinajstić information content (AvgIpc) is 2.35. The van der Waals surface area contributed by atoms with Gasteiger partial charge in [0.2, 0.25) is 0 Å². The molecule has 0 aromatic carbocycles. The molecule has 3 N–H and O–H groups in total. The normalized spacial score (nSPS) is 9.33. The minimum Gasteiger partial charge on any atom is -0.550 e. The molecule has 0 atom stereocenters. The maximum atomic E-state index is 10.1. The summed E-state index contributed by atoms with van der Waals surface area (Å²) in [6.45, 7) is 2.24. The van der Waals surface area contributed by atoms with Gasteiger partial charge in [0.1, 0.15) is 0 Å². The molecule has 0 rings (SSSR count). The van der Waals surface area contributed by atoms with Gasteiger partial charge in [0.15, 0.2) is 0 Å². The minimum absolute atomic E-state index is 0. The van der Waals surface area contributed by atoms with Crippen LogP contribution >= 0.6 is 0 Å². The molecular weight excluding hydrogens is 282 g/mol. The fourth-order valence-electron chi connectivity index (χ4n) is 1.93. The van der Waals surface area contributed by atoms with E-state index in [1.807, 2.05) is 0 Å². The number of rotatable bonds is 12. The first-order valence-corrected chi connectivity index (χ1v) is 7.74. The largest absolute Gasteiger partial charge is 1.00 e. The van der Waals surface area contributed by atoms with E-state index in [2.05, 4.69) is 6.92 Å². The number of aliphatic carboxylic acids is 1. The molecule has 0 aliphatic heterocycles. The Morgan fingerprint density at radius 2 is 1.10 bits per heavy atom. The number of hydrogen-bond donors (Lipinski definition) is 3. The third kappa shape index (κ3) is 38.5. The van der Waals surface area contributed by atoms with Gasteiger partial charge in [-0.05, 0) is 12.8 Å². The summed E-state index contributed by atoms with van der Waals surface area (Å²) in [6.07, 6.45) is 14.0. The van der Waals surface area contributed by atoms with E-state index in [4.69, 9.17) is 15.1 Å². The van der Waals surface area contributed by atoms with Crippen LogP contribution in [0.3, 0.4) is 0 Å². The van der Waals surface area contributed by atoms with Crippen LogP contribution in [0.15, 0.2) is 0 Å². The van der Waals surface area contributed by atoms with Gasteiger partial charge in [0.05, 0.1) is 0 Å². The SMILES string of the molecule is CCCCCCCCCCCCCC(=O)[O-].OB(O)O.[Na+]. The fourth-order valence-corrected chi connectivity index (χ4v) is 1.93. The van der Waals surface area contributed by atoms with Crippen molar-refractivity contribution in [3.8, 4) is 0 Å². The molecule has 0 saturated carbocycles. The second-order valence-corrected chi connectivity index (χ2v) is 5.00. The van der Waals surface area contributed by atoms with Crippen LogP contribution in [0.5, 0.6) is 0 Å². The van der Waals surface area contributed by atoms with Gasteiger partial charge >= 0.3 is 36.9 Å².